The van der Waals surface area contributed by atoms with Crippen molar-refractivity contribution in [3.8, 4) is 5.75 Å². The third-order valence-corrected chi connectivity index (χ3v) is 3.17. The summed E-state index contributed by atoms with van der Waals surface area (Å²) in [6, 6.07) is 12.0. The average Bonchev–Trinajstić information content (AvgIpc) is 2.47. The summed E-state index contributed by atoms with van der Waals surface area (Å²) in [6.45, 7) is 0.612. The Hall–Kier alpha value is -1.98. The molecule has 0 heterocycles. The van der Waals surface area contributed by atoms with Crippen LogP contribution in [0.3, 0.4) is 0 Å². The molecule has 2 aromatic rings. The maximum absolute atomic E-state index is 13.8. The van der Waals surface area contributed by atoms with Gasteiger partial charge in [-0.3, -0.25) is 0 Å². The molecule has 0 amide bonds. The molecule has 0 unspecified atom stereocenters. The minimum atomic E-state index is -0.344. The van der Waals surface area contributed by atoms with Crippen molar-refractivity contribution < 1.29 is 13.9 Å². The van der Waals surface area contributed by atoms with E-state index in [9.17, 15) is 4.39 Å². The zero-order chi connectivity index (χ0) is 15.2. The van der Waals surface area contributed by atoms with Gasteiger partial charge in [0, 0.05) is 18.2 Å². The first-order valence-electron chi connectivity index (χ1n) is 6.39. The van der Waals surface area contributed by atoms with Crippen molar-refractivity contribution in [1.82, 2.24) is 0 Å². The molecule has 0 radical (unpaired) electrons. The van der Waals surface area contributed by atoms with Crippen LogP contribution in [0.1, 0.15) is 16.7 Å². The summed E-state index contributed by atoms with van der Waals surface area (Å²) >= 11 is 4.89. The molecule has 2 rings (SSSR count). The van der Waals surface area contributed by atoms with Gasteiger partial charge in [0.1, 0.15) is 23.2 Å². The monoisotopic (exact) mass is 305 g/mol. The lowest BCUT2D eigenvalue weighted by Gasteiger charge is -2.10. The summed E-state index contributed by atoms with van der Waals surface area (Å²) in [5.74, 6) is 0.313. The minimum Gasteiger partial charge on any atom is -0.489 e. The van der Waals surface area contributed by atoms with Crippen LogP contribution in [-0.2, 0) is 18.0 Å². The van der Waals surface area contributed by atoms with Crippen molar-refractivity contribution in [3.05, 3.63) is 65.0 Å². The molecule has 110 valence electrons. The standard InChI is InChI=1S/C16H16FNO2S/c1-19-9-11-3-2-4-14(7-11)20-10-13-8-12(16(18)21)5-6-15(13)17/h2-8H,9-10H2,1H3,(H2,18,21). The molecule has 0 fully saturated rings. The number of hydrogen-bond donors (Lipinski definition) is 1. The van der Waals surface area contributed by atoms with E-state index in [4.69, 9.17) is 27.4 Å². The third-order valence-electron chi connectivity index (χ3n) is 2.93. The number of benzene rings is 2. The van der Waals surface area contributed by atoms with Crippen molar-refractivity contribution >= 4 is 17.2 Å². The van der Waals surface area contributed by atoms with Gasteiger partial charge >= 0.3 is 0 Å². The molecule has 0 aliphatic rings. The summed E-state index contributed by atoms with van der Waals surface area (Å²) in [5, 5.41) is 0. The number of hydrogen-bond acceptors (Lipinski definition) is 3. The van der Waals surface area contributed by atoms with Gasteiger partial charge in [-0.2, -0.15) is 0 Å². The van der Waals surface area contributed by atoms with Crippen molar-refractivity contribution in [1.29, 1.82) is 0 Å². The fourth-order valence-electron chi connectivity index (χ4n) is 1.89. The highest BCUT2D eigenvalue weighted by Crippen LogP contribution is 2.18. The van der Waals surface area contributed by atoms with Gasteiger partial charge in [-0.15, -0.1) is 0 Å². The maximum atomic E-state index is 13.8. The normalized spacial score (nSPS) is 10.4. The second-order valence-electron chi connectivity index (χ2n) is 4.54. The van der Waals surface area contributed by atoms with Gasteiger partial charge in [0.25, 0.3) is 0 Å². The lowest BCUT2D eigenvalue weighted by molar-refractivity contribution is 0.184. The number of methoxy groups -OCH3 is 1. The van der Waals surface area contributed by atoms with Gasteiger partial charge in [-0.1, -0.05) is 24.4 Å². The van der Waals surface area contributed by atoms with E-state index in [1.807, 2.05) is 24.3 Å². The Morgan fingerprint density at radius 2 is 2.00 bits per heavy atom. The summed E-state index contributed by atoms with van der Waals surface area (Å²) in [5.41, 5.74) is 7.58. The van der Waals surface area contributed by atoms with E-state index in [0.29, 0.717) is 23.5 Å². The Kier molecular flexibility index (Phi) is 5.25. The molecule has 3 nitrogen and oxygen atoms in total. The van der Waals surface area contributed by atoms with E-state index in [2.05, 4.69) is 0 Å². The highest BCUT2D eigenvalue weighted by Gasteiger charge is 2.06. The molecule has 2 N–H and O–H groups in total. The van der Waals surface area contributed by atoms with E-state index in [0.717, 1.165) is 5.56 Å². The lowest BCUT2D eigenvalue weighted by atomic mass is 10.1. The Morgan fingerprint density at radius 1 is 1.19 bits per heavy atom. The molecule has 0 aromatic heterocycles. The quantitative estimate of drug-likeness (QED) is 0.833. The fraction of sp³-hybridized carbons (Fsp3) is 0.188. The van der Waals surface area contributed by atoms with E-state index in [1.54, 1.807) is 19.2 Å². The Labute approximate surface area is 128 Å². The number of nitrogens with two attached hydrogens (primary N) is 1. The van der Waals surface area contributed by atoms with Crippen LogP contribution in [0.5, 0.6) is 5.75 Å². The van der Waals surface area contributed by atoms with Crippen molar-refractivity contribution in [2.75, 3.05) is 7.11 Å². The largest absolute Gasteiger partial charge is 0.489 e. The van der Waals surface area contributed by atoms with E-state index in [-0.39, 0.29) is 17.4 Å². The molecular weight excluding hydrogens is 289 g/mol. The van der Waals surface area contributed by atoms with Crippen LogP contribution in [0, 0.1) is 5.82 Å². The maximum Gasteiger partial charge on any atom is 0.129 e. The second kappa shape index (κ2) is 7.15. The highest BCUT2D eigenvalue weighted by atomic mass is 32.1. The number of rotatable bonds is 6. The Morgan fingerprint density at radius 3 is 2.71 bits per heavy atom. The summed E-state index contributed by atoms with van der Waals surface area (Å²) in [4.78, 5) is 0.235. The van der Waals surface area contributed by atoms with Gasteiger partial charge in [0.2, 0.25) is 0 Å². The summed E-state index contributed by atoms with van der Waals surface area (Å²) in [6.07, 6.45) is 0. The summed E-state index contributed by atoms with van der Waals surface area (Å²) < 4.78 is 24.4. The molecule has 5 heteroatoms. The molecule has 0 spiro atoms. The molecule has 0 aliphatic carbocycles. The first-order valence-corrected chi connectivity index (χ1v) is 6.80. The van der Waals surface area contributed by atoms with Crippen LogP contribution in [0.25, 0.3) is 0 Å². The zero-order valence-electron chi connectivity index (χ0n) is 11.6. The average molecular weight is 305 g/mol. The van der Waals surface area contributed by atoms with Gasteiger partial charge in [0.15, 0.2) is 0 Å². The SMILES string of the molecule is COCc1cccc(OCc2cc(C(N)=S)ccc2F)c1. The molecule has 0 saturated carbocycles. The number of thiocarbonyl (C=S) groups is 1. The molecule has 0 saturated heterocycles. The number of ether oxygens (including phenoxy) is 2. The third kappa shape index (κ3) is 4.24. The highest BCUT2D eigenvalue weighted by molar-refractivity contribution is 7.80. The Balaban J connectivity index is 2.10. The van der Waals surface area contributed by atoms with Crippen molar-refractivity contribution in [3.63, 3.8) is 0 Å². The first-order chi connectivity index (χ1) is 10.1. The predicted octanol–water partition coefficient (Wildman–Crippen LogP) is 3.19. The van der Waals surface area contributed by atoms with Crippen LogP contribution in [0.4, 0.5) is 4.39 Å². The molecule has 21 heavy (non-hydrogen) atoms. The van der Waals surface area contributed by atoms with Gasteiger partial charge < -0.3 is 15.2 Å². The van der Waals surface area contributed by atoms with Gasteiger partial charge in [0.05, 0.1) is 6.61 Å². The molecule has 0 aliphatic heterocycles. The van der Waals surface area contributed by atoms with Gasteiger partial charge in [-0.25, -0.2) is 4.39 Å². The minimum absolute atomic E-state index is 0.110. The topological polar surface area (TPSA) is 44.5 Å². The molecule has 2 aromatic carbocycles. The summed E-state index contributed by atoms with van der Waals surface area (Å²) in [7, 11) is 1.63. The van der Waals surface area contributed by atoms with E-state index in [1.165, 1.54) is 6.07 Å². The van der Waals surface area contributed by atoms with Crippen LogP contribution in [-0.4, -0.2) is 12.1 Å². The van der Waals surface area contributed by atoms with Gasteiger partial charge in [-0.05, 0) is 35.9 Å². The molecule has 0 atom stereocenters. The first kappa shape index (κ1) is 15.4. The Bertz CT molecular complexity index is 646. The molecular formula is C16H16FNO2S. The molecule has 0 bridgehead atoms. The number of halogens is 1. The van der Waals surface area contributed by atoms with Crippen LogP contribution in [0.15, 0.2) is 42.5 Å². The second-order valence-corrected chi connectivity index (χ2v) is 4.98. The fourth-order valence-corrected chi connectivity index (χ4v) is 2.02. The van der Waals surface area contributed by atoms with E-state index < -0.39 is 0 Å². The van der Waals surface area contributed by atoms with Crippen LogP contribution < -0.4 is 10.5 Å². The van der Waals surface area contributed by atoms with Crippen molar-refractivity contribution in [2.24, 2.45) is 5.73 Å². The van der Waals surface area contributed by atoms with Crippen molar-refractivity contribution in [2.45, 2.75) is 13.2 Å². The lowest BCUT2D eigenvalue weighted by Crippen LogP contribution is -2.10. The van der Waals surface area contributed by atoms with Crippen LogP contribution >= 0.6 is 12.2 Å². The van der Waals surface area contributed by atoms with E-state index >= 15 is 0 Å². The predicted molar refractivity (Wildman–Crippen MR) is 83.8 cm³/mol. The zero-order valence-corrected chi connectivity index (χ0v) is 12.5. The smallest absolute Gasteiger partial charge is 0.129 e. The van der Waals surface area contributed by atoms with Crippen LogP contribution in [0.2, 0.25) is 0 Å².